The van der Waals surface area contributed by atoms with Crippen LogP contribution in [-0.2, 0) is 11.2 Å². The molecule has 0 aliphatic carbocycles. The number of phenolic OH excluding ortho intramolecular Hbond substituents is 1. The van der Waals surface area contributed by atoms with Gasteiger partial charge in [-0.3, -0.25) is 4.79 Å². The number of rotatable bonds is 4. The third-order valence-corrected chi connectivity index (χ3v) is 3.19. The first-order valence-corrected chi connectivity index (χ1v) is 6.38. The van der Waals surface area contributed by atoms with Crippen LogP contribution in [0.25, 0.3) is 0 Å². The highest BCUT2D eigenvalue weighted by atomic mass is 32.1. The van der Waals surface area contributed by atoms with Crippen LogP contribution in [0, 0.1) is 0 Å². The van der Waals surface area contributed by atoms with Crippen molar-refractivity contribution in [2.45, 2.75) is 6.42 Å². The van der Waals surface area contributed by atoms with E-state index in [0.717, 1.165) is 5.56 Å². The summed E-state index contributed by atoms with van der Waals surface area (Å²) in [4.78, 5) is 22.6. The van der Waals surface area contributed by atoms with Gasteiger partial charge in [-0.15, -0.1) is 0 Å². The molecule has 6 heteroatoms. The van der Waals surface area contributed by atoms with E-state index in [4.69, 9.17) is 5.11 Å². The van der Waals surface area contributed by atoms with Crippen LogP contribution in [0.1, 0.15) is 15.9 Å². The van der Waals surface area contributed by atoms with Crippen LogP contribution in [0.15, 0.2) is 35.0 Å². The Morgan fingerprint density at radius 2 is 2.05 bits per heavy atom. The van der Waals surface area contributed by atoms with Crippen molar-refractivity contribution in [1.29, 1.82) is 0 Å². The lowest BCUT2D eigenvalue weighted by atomic mass is 10.1. The second kappa shape index (κ2) is 5.53. The van der Waals surface area contributed by atoms with Crippen molar-refractivity contribution >= 4 is 28.9 Å². The first-order valence-electron chi connectivity index (χ1n) is 5.43. The average Bonchev–Trinajstić information content (AvgIpc) is 2.84. The molecule has 0 atom stereocenters. The number of hydrogen-bond acceptors (Lipinski definition) is 4. The molecule has 1 amide bonds. The number of anilines is 1. The van der Waals surface area contributed by atoms with Gasteiger partial charge in [0.1, 0.15) is 5.75 Å². The van der Waals surface area contributed by atoms with E-state index in [0.29, 0.717) is 0 Å². The third kappa shape index (κ3) is 3.32. The SMILES string of the molecule is O=C(Cc1ccsc1)Nc1cc(C(=O)O)ccc1O. The molecule has 2 rings (SSSR count). The van der Waals surface area contributed by atoms with Gasteiger partial charge in [0.2, 0.25) is 5.91 Å². The molecule has 0 fully saturated rings. The minimum absolute atomic E-state index is 0.00336. The summed E-state index contributed by atoms with van der Waals surface area (Å²) in [6.07, 6.45) is 0.181. The number of carboxylic acids is 1. The maximum atomic E-state index is 11.7. The Labute approximate surface area is 113 Å². The van der Waals surface area contributed by atoms with E-state index in [1.807, 2.05) is 16.8 Å². The second-order valence-corrected chi connectivity index (χ2v) is 4.67. The largest absolute Gasteiger partial charge is 0.506 e. The van der Waals surface area contributed by atoms with Crippen LogP contribution < -0.4 is 5.32 Å². The van der Waals surface area contributed by atoms with Crippen LogP contribution in [0.5, 0.6) is 5.75 Å². The smallest absolute Gasteiger partial charge is 0.335 e. The quantitative estimate of drug-likeness (QED) is 0.749. The number of aromatic carboxylic acids is 1. The normalized spacial score (nSPS) is 10.1. The molecule has 3 N–H and O–H groups in total. The zero-order chi connectivity index (χ0) is 13.8. The van der Waals surface area contributed by atoms with E-state index in [9.17, 15) is 14.7 Å². The highest BCUT2D eigenvalue weighted by Crippen LogP contribution is 2.24. The Bertz CT molecular complexity index is 607. The molecule has 0 aliphatic rings. The van der Waals surface area contributed by atoms with E-state index in [1.54, 1.807) is 0 Å². The Hall–Kier alpha value is -2.34. The summed E-state index contributed by atoms with van der Waals surface area (Å²) in [7, 11) is 0. The number of carbonyl (C=O) groups is 2. The van der Waals surface area contributed by atoms with Crippen molar-refractivity contribution < 1.29 is 19.8 Å². The molecule has 0 radical (unpaired) electrons. The zero-order valence-electron chi connectivity index (χ0n) is 9.79. The second-order valence-electron chi connectivity index (χ2n) is 3.89. The molecule has 0 saturated heterocycles. The molecule has 0 spiro atoms. The molecular weight excluding hydrogens is 266 g/mol. The topological polar surface area (TPSA) is 86.6 Å². The van der Waals surface area contributed by atoms with E-state index >= 15 is 0 Å². The summed E-state index contributed by atoms with van der Waals surface area (Å²) in [5.41, 5.74) is 0.972. The predicted molar refractivity (Wildman–Crippen MR) is 71.7 cm³/mol. The van der Waals surface area contributed by atoms with Gasteiger partial charge in [-0.2, -0.15) is 11.3 Å². The Morgan fingerprint density at radius 3 is 2.68 bits per heavy atom. The van der Waals surface area contributed by atoms with E-state index in [-0.39, 0.29) is 29.3 Å². The van der Waals surface area contributed by atoms with Gasteiger partial charge in [0.15, 0.2) is 0 Å². The molecule has 5 nitrogen and oxygen atoms in total. The maximum absolute atomic E-state index is 11.7. The van der Waals surface area contributed by atoms with Gasteiger partial charge < -0.3 is 15.5 Å². The summed E-state index contributed by atoms with van der Waals surface area (Å²) < 4.78 is 0. The highest BCUT2D eigenvalue weighted by molar-refractivity contribution is 7.08. The molecule has 1 aromatic heterocycles. The van der Waals surface area contributed by atoms with Gasteiger partial charge in [-0.1, -0.05) is 0 Å². The van der Waals surface area contributed by atoms with Gasteiger partial charge in [0.25, 0.3) is 0 Å². The molecule has 0 aliphatic heterocycles. The molecule has 2 aromatic rings. The van der Waals surface area contributed by atoms with Gasteiger partial charge in [0.05, 0.1) is 17.7 Å². The number of carboxylic acid groups (broad SMARTS) is 1. The summed E-state index contributed by atoms with van der Waals surface area (Å²) in [6, 6.07) is 5.57. The minimum atomic E-state index is -1.12. The van der Waals surface area contributed by atoms with Crippen molar-refractivity contribution in [3.63, 3.8) is 0 Å². The molecule has 19 heavy (non-hydrogen) atoms. The summed E-state index contributed by atoms with van der Waals surface area (Å²) >= 11 is 1.49. The number of carbonyl (C=O) groups excluding carboxylic acids is 1. The fraction of sp³-hybridized carbons (Fsp3) is 0.0769. The first kappa shape index (κ1) is 13.1. The molecule has 0 unspecified atom stereocenters. The monoisotopic (exact) mass is 277 g/mol. The number of thiophene rings is 1. The van der Waals surface area contributed by atoms with Crippen molar-refractivity contribution in [2.75, 3.05) is 5.32 Å². The molecular formula is C13H11NO4S. The minimum Gasteiger partial charge on any atom is -0.506 e. The number of amides is 1. The molecule has 1 heterocycles. The lowest BCUT2D eigenvalue weighted by Crippen LogP contribution is -2.14. The molecule has 98 valence electrons. The van der Waals surface area contributed by atoms with Crippen molar-refractivity contribution in [3.05, 3.63) is 46.2 Å². The van der Waals surface area contributed by atoms with Crippen LogP contribution >= 0.6 is 11.3 Å². The summed E-state index contributed by atoms with van der Waals surface area (Å²) in [5.74, 6) is -1.59. The lowest BCUT2D eigenvalue weighted by Gasteiger charge is -2.07. The van der Waals surface area contributed by atoms with Crippen LogP contribution in [-0.4, -0.2) is 22.1 Å². The van der Waals surface area contributed by atoms with E-state index < -0.39 is 5.97 Å². The van der Waals surface area contributed by atoms with Crippen molar-refractivity contribution in [2.24, 2.45) is 0 Å². The van der Waals surface area contributed by atoms with Gasteiger partial charge in [-0.25, -0.2) is 4.79 Å². The van der Waals surface area contributed by atoms with E-state index in [1.165, 1.54) is 29.5 Å². The predicted octanol–water partition coefficient (Wildman–Crippen LogP) is 2.33. The van der Waals surface area contributed by atoms with Crippen LogP contribution in [0.2, 0.25) is 0 Å². The van der Waals surface area contributed by atoms with Crippen molar-refractivity contribution in [3.8, 4) is 5.75 Å². The third-order valence-electron chi connectivity index (χ3n) is 2.46. The average molecular weight is 277 g/mol. The number of hydrogen-bond donors (Lipinski definition) is 3. The zero-order valence-corrected chi connectivity index (χ0v) is 10.6. The van der Waals surface area contributed by atoms with Crippen molar-refractivity contribution in [1.82, 2.24) is 0 Å². The summed E-state index contributed by atoms with van der Waals surface area (Å²) in [6.45, 7) is 0. The number of phenols is 1. The highest BCUT2D eigenvalue weighted by Gasteiger charge is 2.11. The molecule has 1 aromatic carbocycles. The first-order chi connectivity index (χ1) is 9.06. The Kier molecular flexibility index (Phi) is 3.82. The fourth-order valence-electron chi connectivity index (χ4n) is 1.54. The number of aromatic hydroxyl groups is 1. The lowest BCUT2D eigenvalue weighted by molar-refractivity contribution is -0.115. The van der Waals surface area contributed by atoms with E-state index in [2.05, 4.69) is 5.32 Å². The molecule has 0 saturated carbocycles. The maximum Gasteiger partial charge on any atom is 0.335 e. The number of benzene rings is 1. The Morgan fingerprint density at radius 1 is 1.26 bits per heavy atom. The Balaban J connectivity index is 2.11. The van der Waals surface area contributed by atoms with Crippen LogP contribution in [0.4, 0.5) is 5.69 Å². The fourth-order valence-corrected chi connectivity index (χ4v) is 2.21. The number of nitrogens with one attached hydrogen (secondary N) is 1. The standard InChI is InChI=1S/C13H11NO4S/c15-11-2-1-9(13(17)18)6-10(11)14-12(16)5-8-3-4-19-7-8/h1-4,6-7,15H,5H2,(H,14,16)(H,17,18). The van der Waals surface area contributed by atoms with Gasteiger partial charge >= 0.3 is 5.97 Å². The van der Waals surface area contributed by atoms with Gasteiger partial charge in [0, 0.05) is 0 Å². The molecule has 0 bridgehead atoms. The van der Waals surface area contributed by atoms with Crippen LogP contribution in [0.3, 0.4) is 0 Å². The summed E-state index contributed by atoms with van der Waals surface area (Å²) in [5, 5.41) is 24.7. The van der Waals surface area contributed by atoms with Gasteiger partial charge in [-0.05, 0) is 40.6 Å².